The molecule has 0 aromatic heterocycles. The molecule has 9 nitrogen and oxygen atoms in total. The molecule has 0 bridgehead atoms. The van der Waals surface area contributed by atoms with E-state index in [-0.39, 0.29) is 16.8 Å². The summed E-state index contributed by atoms with van der Waals surface area (Å²) < 4.78 is 4.41. The van der Waals surface area contributed by atoms with Crippen LogP contribution in [0.1, 0.15) is 20.7 Å². The lowest BCUT2D eigenvalue weighted by molar-refractivity contribution is 0.0601. The van der Waals surface area contributed by atoms with Gasteiger partial charge in [-0.2, -0.15) is 0 Å². The summed E-state index contributed by atoms with van der Waals surface area (Å²) in [7, 11) is 1.08. The Morgan fingerprint density at radius 2 is 1.79 bits per heavy atom. The molecule has 1 rings (SSSR count). The van der Waals surface area contributed by atoms with E-state index >= 15 is 0 Å². The monoisotopic (exact) mass is 265 g/mol. The number of carbonyl (C=O) groups is 2. The van der Waals surface area contributed by atoms with Crippen molar-refractivity contribution >= 4 is 17.4 Å². The zero-order valence-corrected chi connectivity index (χ0v) is 9.60. The maximum atomic E-state index is 11.6. The maximum Gasteiger partial charge on any atom is 0.340 e. The number of ether oxygens (including phenoxy) is 1. The third kappa shape index (κ3) is 2.89. The number of ketones is 1. The van der Waals surface area contributed by atoms with Gasteiger partial charge in [-0.15, -0.1) is 14.7 Å². The first-order valence-corrected chi connectivity index (χ1v) is 4.84. The first-order chi connectivity index (χ1) is 9.08. The largest absolute Gasteiger partial charge is 0.465 e. The van der Waals surface area contributed by atoms with E-state index < -0.39 is 17.9 Å². The minimum absolute atomic E-state index is 0.183. The first-order valence-electron chi connectivity index (χ1n) is 4.84. The zero-order chi connectivity index (χ0) is 14.4. The lowest BCUT2D eigenvalue weighted by Gasteiger charge is -2.05. The van der Waals surface area contributed by atoms with E-state index in [1.165, 1.54) is 0 Å². The van der Waals surface area contributed by atoms with Gasteiger partial charge in [-0.1, -0.05) is 0 Å². The molecule has 1 aromatic carbocycles. The number of esters is 1. The number of hydrogen-bond acceptors (Lipinski definition) is 9. The SMILES string of the molecule is COC(=O)c1cc(C(=O)C(N=O)N=O)ccc1N=O. The Morgan fingerprint density at radius 1 is 1.16 bits per heavy atom. The Morgan fingerprint density at radius 3 is 2.26 bits per heavy atom. The van der Waals surface area contributed by atoms with Crippen LogP contribution in [0, 0.1) is 14.7 Å². The molecular formula is C10H7N3O6. The average molecular weight is 265 g/mol. The number of nitroso groups, excluding NO2 is 3. The second-order valence-corrected chi connectivity index (χ2v) is 3.26. The molecule has 0 N–H and O–H groups in total. The van der Waals surface area contributed by atoms with Crippen molar-refractivity contribution in [3.8, 4) is 0 Å². The average Bonchev–Trinajstić information content (AvgIpc) is 2.46. The van der Waals surface area contributed by atoms with Gasteiger partial charge >= 0.3 is 5.97 Å². The molecule has 0 radical (unpaired) electrons. The van der Waals surface area contributed by atoms with Gasteiger partial charge in [0.1, 0.15) is 5.69 Å². The molecule has 98 valence electrons. The minimum Gasteiger partial charge on any atom is -0.465 e. The number of hydrogen-bond donors (Lipinski definition) is 0. The summed E-state index contributed by atoms with van der Waals surface area (Å²) in [4.78, 5) is 53.9. The highest BCUT2D eigenvalue weighted by Gasteiger charge is 2.24. The van der Waals surface area contributed by atoms with Crippen LogP contribution in [-0.4, -0.2) is 25.0 Å². The Balaban J connectivity index is 3.28. The molecule has 0 aliphatic carbocycles. The Bertz CT molecular complexity index is 548. The summed E-state index contributed by atoms with van der Waals surface area (Å²) in [6.07, 6.45) is -1.94. The van der Waals surface area contributed by atoms with Crippen LogP contribution in [-0.2, 0) is 4.74 Å². The number of nitrogens with zero attached hydrogens (tertiary/aromatic N) is 3. The Hall–Kier alpha value is -2.84. The van der Waals surface area contributed by atoms with Crippen molar-refractivity contribution in [1.29, 1.82) is 0 Å². The molecule has 0 atom stereocenters. The summed E-state index contributed by atoms with van der Waals surface area (Å²) in [6.45, 7) is 0. The maximum absolute atomic E-state index is 11.6. The molecular weight excluding hydrogens is 258 g/mol. The molecule has 0 amide bonds. The van der Waals surface area contributed by atoms with Crippen LogP contribution < -0.4 is 0 Å². The molecule has 0 aliphatic rings. The molecule has 0 unspecified atom stereocenters. The normalized spacial score (nSPS) is 9.79. The van der Waals surface area contributed by atoms with Gasteiger partial charge in [0, 0.05) is 5.56 Å². The highest BCUT2D eigenvalue weighted by molar-refractivity contribution is 6.03. The van der Waals surface area contributed by atoms with Crippen LogP contribution in [0.4, 0.5) is 5.69 Å². The van der Waals surface area contributed by atoms with Crippen molar-refractivity contribution in [2.24, 2.45) is 15.5 Å². The van der Waals surface area contributed by atoms with E-state index in [2.05, 4.69) is 20.3 Å². The van der Waals surface area contributed by atoms with Crippen LogP contribution >= 0.6 is 0 Å². The van der Waals surface area contributed by atoms with Crippen molar-refractivity contribution < 1.29 is 14.3 Å². The molecule has 0 aliphatic heterocycles. The molecule has 0 saturated heterocycles. The lowest BCUT2D eigenvalue weighted by atomic mass is 10.0. The van der Waals surface area contributed by atoms with Gasteiger partial charge in [-0.25, -0.2) is 4.79 Å². The summed E-state index contributed by atoms with van der Waals surface area (Å²) >= 11 is 0. The molecule has 1 aromatic rings. The topological polar surface area (TPSA) is 132 Å². The van der Waals surface area contributed by atoms with Crippen LogP contribution in [0.2, 0.25) is 0 Å². The number of methoxy groups -OCH3 is 1. The zero-order valence-electron chi connectivity index (χ0n) is 9.60. The second kappa shape index (κ2) is 6.19. The molecule has 0 heterocycles. The summed E-state index contributed by atoms with van der Waals surface area (Å²) in [5, 5.41) is 7.07. The Kier molecular flexibility index (Phi) is 4.63. The molecule has 9 heteroatoms. The lowest BCUT2D eigenvalue weighted by Crippen LogP contribution is -2.16. The third-order valence-corrected chi connectivity index (χ3v) is 2.22. The fourth-order valence-electron chi connectivity index (χ4n) is 1.31. The summed E-state index contributed by atoms with van der Waals surface area (Å²) in [5.41, 5.74) is -0.686. The smallest absolute Gasteiger partial charge is 0.340 e. The standard InChI is InChI=1S/C10H7N3O6/c1-19-10(15)6-4-5(2-3-7(6)11-16)8(14)9(12-17)13-18/h2-4,9H,1H3. The fraction of sp³-hybridized carbons (Fsp3) is 0.200. The van der Waals surface area contributed by atoms with Gasteiger partial charge in [0.2, 0.25) is 5.78 Å². The van der Waals surface area contributed by atoms with Crippen LogP contribution in [0.25, 0.3) is 0 Å². The number of rotatable bonds is 6. The van der Waals surface area contributed by atoms with Crippen LogP contribution in [0.5, 0.6) is 0 Å². The predicted octanol–water partition coefficient (Wildman–Crippen LogP) is 1.91. The van der Waals surface area contributed by atoms with E-state index in [1.807, 2.05) is 0 Å². The van der Waals surface area contributed by atoms with Crippen molar-refractivity contribution in [3.05, 3.63) is 44.0 Å². The first kappa shape index (κ1) is 14.2. The van der Waals surface area contributed by atoms with E-state index in [4.69, 9.17) is 0 Å². The highest BCUT2D eigenvalue weighted by atomic mass is 16.5. The van der Waals surface area contributed by atoms with Crippen molar-refractivity contribution in [1.82, 2.24) is 0 Å². The van der Waals surface area contributed by atoms with Crippen molar-refractivity contribution in [3.63, 3.8) is 0 Å². The molecule has 19 heavy (non-hydrogen) atoms. The summed E-state index contributed by atoms with van der Waals surface area (Å²) in [5.74, 6) is -1.88. The van der Waals surface area contributed by atoms with Crippen LogP contribution in [0.15, 0.2) is 33.7 Å². The van der Waals surface area contributed by atoms with Gasteiger partial charge < -0.3 is 4.74 Å². The van der Waals surface area contributed by atoms with E-state index in [1.54, 1.807) is 0 Å². The molecule has 0 spiro atoms. The van der Waals surface area contributed by atoms with Crippen molar-refractivity contribution in [2.45, 2.75) is 6.17 Å². The number of Topliss-reactive ketones (excluding diaryl/α,β-unsaturated/α-hetero) is 1. The minimum atomic E-state index is -1.94. The van der Waals surface area contributed by atoms with E-state index in [0.29, 0.717) is 0 Å². The van der Waals surface area contributed by atoms with Gasteiger partial charge in [-0.3, -0.25) is 4.79 Å². The van der Waals surface area contributed by atoms with E-state index in [9.17, 15) is 24.3 Å². The van der Waals surface area contributed by atoms with Gasteiger partial charge in [0.15, 0.2) is 0 Å². The Labute approximate surface area is 105 Å². The second-order valence-electron chi connectivity index (χ2n) is 3.26. The predicted molar refractivity (Wildman–Crippen MR) is 62.9 cm³/mol. The number of carbonyl (C=O) groups excluding carboxylic acids is 2. The summed E-state index contributed by atoms with van der Waals surface area (Å²) in [6, 6.07) is 3.18. The quantitative estimate of drug-likeness (QED) is 0.438. The van der Waals surface area contributed by atoms with Gasteiger partial charge in [-0.05, 0) is 33.7 Å². The highest BCUT2D eigenvalue weighted by Crippen LogP contribution is 2.22. The fourth-order valence-corrected chi connectivity index (χ4v) is 1.31. The van der Waals surface area contributed by atoms with Gasteiger partial charge in [0.25, 0.3) is 6.17 Å². The van der Waals surface area contributed by atoms with Crippen molar-refractivity contribution in [2.75, 3.05) is 7.11 Å². The van der Waals surface area contributed by atoms with E-state index in [0.717, 1.165) is 25.3 Å². The molecule has 0 fully saturated rings. The van der Waals surface area contributed by atoms with Crippen LogP contribution in [0.3, 0.4) is 0 Å². The third-order valence-electron chi connectivity index (χ3n) is 2.22. The number of benzene rings is 1. The van der Waals surface area contributed by atoms with Gasteiger partial charge in [0.05, 0.1) is 12.7 Å². The molecule has 0 saturated carbocycles.